The molecule has 3 aliphatic rings. The third kappa shape index (κ3) is 4.94. The first-order valence-corrected chi connectivity index (χ1v) is 20.4. The van der Waals surface area contributed by atoms with E-state index in [0.717, 1.165) is 105 Å². The molecule has 0 atom stereocenters. The Labute approximate surface area is 365 Å². The first-order chi connectivity index (χ1) is 29.3. The van der Waals surface area contributed by atoms with Gasteiger partial charge in [0.1, 0.15) is 5.52 Å². The van der Waals surface area contributed by atoms with Crippen LogP contribution in [0.3, 0.4) is 0 Å². The summed E-state index contributed by atoms with van der Waals surface area (Å²) in [6.07, 6.45) is 1.87. The van der Waals surface area contributed by atoms with Gasteiger partial charge in [0.25, 0.3) is 0 Å². The van der Waals surface area contributed by atoms with Gasteiger partial charge in [0.05, 0.1) is 38.8 Å². The van der Waals surface area contributed by atoms with Crippen LogP contribution in [-0.2, 0) is 26.5 Å². The number of phenols is 1. The van der Waals surface area contributed by atoms with Crippen molar-refractivity contribution < 1.29 is 30.9 Å². The number of nitrogens with zero attached hydrogens (tertiary/aromatic N) is 4. The smallest absolute Gasteiger partial charge is 0.196 e. The Morgan fingerprint density at radius 2 is 1.33 bits per heavy atom. The number of benzene rings is 8. The Balaban J connectivity index is 0.00000399. The van der Waals surface area contributed by atoms with Crippen LogP contribution in [0.1, 0.15) is 26.3 Å². The van der Waals surface area contributed by atoms with E-state index in [2.05, 4.69) is 157 Å². The molecule has 8 aromatic carbocycles. The van der Waals surface area contributed by atoms with Gasteiger partial charge in [-0.2, -0.15) is 0 Å². The first-order valence-electron chi connectivity index (χ1n) is 20.4. The van der Waals surface area contributed by atoms with E-state index in [0.29, 0.717) is 22.4 Å². The summed E-state index contributed by atoms with van der Waals surface area (Å²) in [6.45, 7) is 6.69. The average Bonchev–Trinajstić information content (AvgIpc) is 3.29. The van der Waals surface area contributed by atoms with E-state index in [1.807, 2.05) is 30.5 Å². The predicted octanol–water partition coefficient (Wildman–Crippen LogP) is 13.8. The van der Waals surface area contributed by atoms with Crippen LogP contribution < -0.4 is 4.74 Å². The molecule has 13 rings (SSSR count). The number of phenolic OH excluding ortho intramolecular Hbond substituents is 1. The minimum atomic E-state index is -0.162. The number of hydrogen-bond donors (Lipinski definition) is 1. The van der Waals surface area contributed by atoms with Crippen LogP contribution in [0, 0.1) is 6.07 Å². The van der Waals surface area contributed by atoms with Crippen molar-refractivity contribution in [1.82, 2.24) is 19.1 Å². The predicted molar refractivity (Wildman–Crippen MR) is 244 cm³/mol. The quantitative estimate of drug-likeness (QED) is 0.109. The normalized spacial score (nSPS) is 12.6. The summed E-state index contributed by atoms with van der Waals surface area (Å²) < 4.78 is 11.4. The molecule has 0 bridgehead atoms. The zero-order chi connectivity index (χ0) is 40.0. The number of hydrogen-bond acceptors (Lipinski definition) is 4. The van der Waals surface area contributed by atoms with Gasteiger partial charge >= 0.3 is 0 Å². The van der Waals surface area contributed by atoms with Crippen LogP contribution in [0.4, 0.5) is 0 Å². The maximum Gasteiger partial charge on any atom is 0.196 e. The van der Waals surface area contributed by atoms with Crippen molar-refractivity contribution in [3.05, 3.63) is 163 Å². The Bertz CT molecular complexity index is 3750. The molecule has 0 unspecified atom stereocenters. The topological polar surface area (TPSA) is 65.1 Å². The number of ether oxygens (including phenoxy) is 1. The second-order valence-electron chi connectivity index (χ2n) is 17.1. The second-order valence-corrected chi connectivity index (χ2v) is 17.1. The van der Waals surface area contributed by atoms with Crippen LogP contribution in [-0.4, -0.2) is 24.2 Å². The summed E-state index contributed by atoms with van der Waals surface area (Å²) in [6, 6.07) is 54.6. The van der Waals surface area contributed by atoms with E-state index in [4.69, 9.17) is 14.7 Å². The summed E-state index contributed by atoms with van der Waals surface area (Å²) in [5.74, 6) is 1.17. The van der Waals surface area contributed by atoms with Gasteiger partial charge in [-0.05, 0) is 63.7 Å². The fourth-order valence-corrected chi connectivity index (χ4v) is 9.82. The molecule has 0 aliphatic carbocycles. The van der Waals surface area contributed by atoms with Crippen LogP contribution in [0.5, 0.6) is 17.2 Å². The molecular weight excluding hydrogens is 932 g/mol. The SMILES string of the molecule is CC(C)(C)c1cc(-c2cc(-c3ccccc3)ccn2)[c-]c(-c2ccc3c4ccc5cccc6c5c4c4c5c7c(c(O)c4c3n2)Oc2ccccc2-n7c2ccccc2n6-5)c1.[Pt]. The Morgan fingerprint density at radius 1 is 0.607 bits per heavy atom. The molecule has 0 saturated carbocycles. The molecule has 0 saturated heterocycles. The number of pyridine rings is 3. The van der Waals surface area contributed by atoms with E-state index in [-0.39, 0.29) is 32.2 Å². The van der Waals surface area contributed by atoms with Crippen molar-refractivity contribution >= 4 is 65.3 Å². The fraction of sp³-hybridized carbons (Fsp3) is 0.0741. The average molecular weight is 967 g/mol. The maximum absolute atomic E-state index is 12.9. The zero-order valence-electron chi connectivity index (χ0n) is 33.4. The minimum Gasteiger partial charge on any atom is -0.504 e. The molecule has 0 amide bonds. The van der Waals surface area contributed by atoms with Crippen LogP contribution in [0.2, 0.25) is 0 Å². The van der Waals surface area contributed by atoms with Crippen molar-refractivity contribution in [2.45, 2.75) is 26.2 Å². The van der Waals surface area contributed by atoms with E-state index in [1.165, 1.54) is 0 Å². The number of para-hydroxylation sites is 4. The monoisotopic (exact) mass is 966 g/mol. The van der Waals surface area contributed by atoms with E-state index in [1.54, 1.807) is 0 Å². The molecule has 0 radical (unpaired) electrons. The van der Waals surface area contributed by atoms with Crippen molar-refractivity contribution in [2.75, 3.05) is 0 Å². The molecule has 5 heterocycles. The molecule has 0 fully saturated rings. The van der Waals surface area contributed by atoms with E-state index in [9.17, 15) is 5.11 Å². The minimum absolute atomic E-state index is 0. The Kier molecular flexibility index (Phi) is 7.50. The van der Waals surface area contributed by atoms with Gasteiger partial charge in [0.15, 0.2) is 17.2 Å². The van der Waals surface area contributed by atoms with Gasteiger partial charge in [-0.15, -0.1) is 23.8 Å². The third-order valence-corrected chi connectivity index (χ3v) is 12.6. The van der Waals surface area contributed by atoms with E-state index >= 15 is 0 Å². The molecule has 2 aromatic heterocycles. The van der Waals surface area contributed by atoms with Crippen molar-refractivity contribution in [3.63, 3.8) is 0 Å². The van der Waals surface area contributed by atoms with Gasteiger partial charge in [-0.3, -0.25) is 14.5 Å². The molecule has 0 spiro atoms. The molecule has 61 heavy (non-hydrogen) atoms. The van der Waals surface area contributed by atoms with Gasteiger partial charge < -0.3 is 14.4 Å². The maximum atomic E-state index is 12.9. The molecule has 294 valence electrons. The fourth-order valence-electron chi connectivity index (χ4n) is 9.82. The van der Waals surface area contributed by atoms with Crippen molar-refractivity contribution in [2.24, 2.45) is 0 Å². The summed E-state index contributed by atoms with van der Waals surface area (Å²) >= 11 is 0. The molecule has 6 nitrogen and oxygen atoms in total. The van der Waals surface area contributed by atoms with E-state index < -0.39 is 0 Å². The first kappa shape index (κ1) is 35.9. The van der Waals surface area contributed by atoms with Crippen LogP contribution >= 0.6 is 0 Å². The molecule has 10 aromatic rings. The molecule has 1 N–H and O–H groups in total. The largest absolute Gasteiger partial charge is 0.504 e. The van der Waals surface area contributed by atoms with Gasteiger partial charge in [-0.1, -0.05) is 129 Å². The number of aromatic nitrogens is 4. The standard InChI is InChI=1S/C54H35N4O2.Pt/c1-54(2,3)35-27-33(26-34(28-35)39-29-32(24-25-55-39)30-12-5-4-6-13-30)38-23-22-37-36-21-20-31-14-11-18-43-45(31)46(36)47-48(49(37)56-38)52(59)53-51-50(47)58(43)41-16-8-7-15-40(41)57(51)42-17-9-10-19-44(42)60-53;/h4-25,27-29,59H,1-3H3;/q-1;. The summed E-state index contributed by atoms with van der Waals surface area (Å²) in [5.41, 5.74) is 13.2. The summed E-state index contributed by atoms with van der Waals surface area (Å²) in [7, 11) is 0. The third-order valence-electron chi connectivity index (χ3n) is 12.6. The second kappa shape index (κ2) is 12.7. The molecule has 3 aliphatic heterocycles. The van der Waals surface area contributed by atoms with Gasteiger partial charge in [-0.25, -0.2) is 0 Å². The summed E-state index contributed by atoms with van der Waals surface area (Å²) in [5, 5.41) is 19.9. The zero-order valence-corrected chi connectivity index (χ0v) is 35.7. The van der Waals surface area contributed by atoms with Crippen molar-refractivity contribution in [3.8, 4) is 62.3 Å². The van der Waals surface area contributed by atoms with Crippen LogP contribution in [0.25, 0.3) is 110 Å². The number of fused-ring (bicyclic) bond motifs is 9. The molecule has 7 heteroatoms. The van der Waals surface area contributed by atoms with Gasteiger partial charge in [0, 0.05) is 60.2 Å². The Morgan fingerprint density at radius 3 is 2.15 bits per heavy atom. The van der Waals surface area contributed by atoms with Crippen molar-refractivity contribution in [1.29, 1.82) is 0 Å². The summed E-state index contributed by atoms with van der Waals surface area (Å²) in [4.78, 5) is 10.4. The molecular formula is C54H35N4O2Pt-. The number of rotatable bonds is 3. The van der Waals surface area contributed by atoms with Crippen LogP contribution in [0.15, 0.2) is 152 Å². The Hall–Kier alpha value is -7.01. The van der Waals surface area contributed by atoms with Gasteiger partial charge in [0.2, 0.25) is 0 Å². The number of aromatic hydroxyl groups is 1.